The lowest BCUT2D eigenvalue weighted by atomic mass is 10.2. The van der Waals surface area contributed by atoms with Gasteiger partial charge in [-0.1, -0.05) is 33.6 Å². The van der Waals surface area contributed by atoms with Gasteiger partial charge in [-0.05, 0) is 82.2 Å². The number of benzene rings is 3. The molecule has 0 unspecified atom stereocenters. The third-order valence-corrected chi connectivity index (χ3v) is 5.15. The number of esters is 1. The summed E-state index contributed by atoms with van der Waals surface area (Å²) < 4.78 is 12.2. The normalized spacial score (nSPS) is 10.7. The molecule has 0 heterocycles. The van der Waals surface area contributed by atoms with Crippen molar-refractivity contribution >= 4 is 61.6 Å². The molecule has 0 bridgehead atoms. The molecule has 3 rings (SSSR count). The molecular formula is C22H15Br2ClN2O4. The van der Waals surface area contributed by atoms with E-state index in [4.69, 9.17) is 21.1 Å². The molecule has 3 aromatic rings. The number of amides is 1. The van der Waals surface area contributed by atoms with Crippen molar-refractivity contribution in [3.63, 3.8) is 0 Å². The zero-order chi connectivity index (χ0) is 22.2. The predicted molar refractivity (Wildman–Crippen MR) is 126 cm³/mol. The smallest absolute Gasteiger partial charge is 0.343 e. The van der Waals surface area contributed by atoms with Crippen molar-refractivity contribution in [2.45, 2.75) is 0 Å². The second kappa shape index (κ2) is 11.1. The summed E-state index contributed by atoms with van der Waals surface area (Å²) in [6.07, 6.45) is 1.47. The quantitative estimate of drug-likeness (QED) is 0.175. The fourth-order valence-corrected chi connectivity index (χ4v) is 3.55. The summed E-state index contributed by atoms with van der Waals surface area (Å²) in [7, 11) is 0. The molecule has 0 saturated heterocycles. The molecule has 0 radical (unpaired) electrons. The van der Waals surface area contributed by atoms with E-state index in [1.54, 1.807) is 60.7 Å². The highest BCUT2D eigenvalue weighted by atomic mass is 79.9. The van der Waals surface area contributed by atoms with Crippen molar-refractivity contribution < 1.29 is 19.1 Å². The van der Waals surface area contributed by atoms with Gasteiger partial charge in [0.2, 0.25) is 0 Å². The van der Waals surface area contributed by atoms with Gasteiger partial charge < -0.3 is 9.47 Å². The molecule has 1 amide bonds. The highest BCUT2D eigenvalue weighted by Crippen LogP contribution is 2.27. The monoisotopic (exact) mass is 564 g/mol. The van der Waals surface area contributed by atoms with E-state index < -0.39 is 11.9 Å². The zero-order valence-electron chi connectivity index (χ0n) is 15.8. The van der Waals surface area contributed by atoms with E-state index in [1.165, 1.54) is 6.21 Å². The largest absolute Gasteiger partial charge is 0.483 e. The van der Waals surface area contributed by atoms with E-state index in [9.17, 15) is 9.59 Å². The van der Waals surface area contributed by atoms with Gasteiger partial charge >= 0.3 is 5.97 Å². The predicted octanol–water partition coefficient (Wildman–Crippen LogP) is 5.61. The number of hydrogen-bond acceptors (Lipinski definition) is 5. The Morgan fingerprint density at radius 3 is 2.52 bits per heavy atom. The number of carbonyl (C=O) groups excluding carboxylic acids is 2. The van der Waals surface area contributed by atoms with Crippen LogP contribution in [0.4, 0.5) is 0 Å². The maximum Gasteiger partial charge on any atom is 0.343 e. The van der Waals surface area contributed by atoms with Crippen LogP contribution < -0.4 is 14.9 Å². The van der Waals surface area contributed by atoms with Crippen LogP contribution in [0.25, 0.3) is 0 Å². The molecule has 158 valence electrons. The lowest BCUT2D eigenvalue weighted by Gasteiger charge is -2.07. The number of hydrazone groups is 1. The van der Waals surface area contributed by atoms with Crippen molar-refractivity contribution in [1.82, 2.24) is 5.43 Å². The van der Waals surface area contributed by atoms with Crippen LogP contribution in [0, 0.1) is 0 Å². The van der Waals surface area contributed by atoms with Gasteiger partial charge in [0.05, 0.1) is 16.3 Å². The molecule has 1 N–H and O–H groups in total. The SMILES string of the molecule is O=C(COc1ccc(Cl)cc1Br)N/N=C/c1ccc(OC(=O)c2cccc(Br)c2)cc1. The van der Waals surface area contributed by atoms with Crippen molar-refractivity contribution in [2.24, 2.45) is 5.10 Å². The number of halogens is 3. The van der Waals surface area contributed by atoms with Crippen LogP contribution >= 0.6 is 43.5 Å². The van der Waals surface area contributed by atoms with Crippen molar-refractivity contribution in [2.75, 3.05) is 6.61 Å². The molecule has 9 heteroatoms. The molecule has 0 saturated carbocycles. The summed E-state index contributed by atoms with van der Waals surface area (Å²) in [6.45, 7) is -0.206. The van der Waals surface area contributed by atoms with Gasteiger partial charge in [0.1, 0.15) is 11.5 Å². The Labute approximate surface area is 200 Å². The molecule has 0 aromatic heterocycles. The van der Waals surface area contributed by atoms with Crippen LogP contribution in [0.2, 0.25) is 5.02 Å². The molecule has 3 aromatic carbocycles. The molecule has 0 aliphatic carbocycles. The second-order valence-electron chi connectivity index (χ2n) is 6.13. The summed E-state index contributed by atoms with van der Waals surface area (Å²) in [6, 6.07) is 18.6. The van der Waals surface area contributed by atoms with Crippen LogP contribution in [0.3, 0.4) is 0 Å². The maximum atomic E-state index is 12.2. The number of nitrogens with zero attached hydrogens (tertiary/aromatic N) is 1. The lowest BCUT2D eigenvalue weighted by Crippen LogP contribution is -2.24. The summed E-state index contributed by atoms with van der Waals surface area (Å²) in [4.78, 5) is 24.0. The Hall–Kier alpha value is -2.68. The van der Waals surface area contributed by atoms with Gasteiger partial charge in [-0.15, -0.1) is 0 Å². The summed E-state index contributed by atoms with van der Waals surface area (Å²) in [5.74, 6) is 0.0182. The second-order valence-corrected chi connectivity index (χ2v) is 8.33. The number of carbonyl (C=O) groups is 2. The number of nitrogens with one attached hydrogen (secondary N) is 1. The summed E-state index contributed by atoms with van der Waals surface area (Å²) >= 11 is 12.5. The first-order valence-corrected chi connectivity index (χ1v) is 10.8. The highest BCUT2D eigenvalue weighted by Gasteiger charge is 2.09. The van der Waals surface area contributed by atoms with Crippen LogP contribution in [-0.2, 0) is 4.79 Å². The number of rotatable bonds is 7. The van der Waals surface area contributed by atoms with E-state index in [0.29, 0.717) is 32.1 Å². The van der Waals surface area contributed by atoms with Crippen molar-refractivity contribution in [3.05, 3.63) is 91.8 Å². The maximum absolute atomic E-state index is 12.2. The molecule has 6 nitrogen and oxygen atoms in total. The van der Waals surface area contributed by atoms with E-state index in [2.05, 4.69) is 42.4 Å². The summed E-state index contributed by atoms with van der Waals surface area (Å²) in [5, 5.41) is 4.45. The van der Waals surface area contributed by atoms with Crippen molar-refractivity contribution in [1.29, 1.82) is 0 Å². The molecular weight excluding hydrogens is 552 g/mol. The lowest BCUT2D eigenvalue weighted by molar-refractivity contribution is -0.123. The highest BCUT2D eigenvalue weighted by molar-refractivity contribution is 9.10. The average molecular weight is 567 g/mol. The fraction of sp³-hybridized carbons (Fsp3) is 0.0455. The van der Waals surface area contributed by atoms with Gasteiger partial charge in [0, 0.05) is 9.50 Å². The van der Waals surface area contributed by atoms with Crippen LogP contribution in [-0.4, -0.2) is 24.7 Å². The number of hydrogen-bond donors (Lipinski definition) is 1. The van der Waals surface area contributed by atoms with Crippen LogP contribution in [0.1, 0.15) is 15.9 Å². The topological polar surface area (TPSA) is 77.0 Å². The van der Waals surface area contributed by atoms with Crippen molar-refractivity contribution in [3.8, 4) is 11.5 Å². The molecule has 0 spiro atoms. The standard InChI is InChI=1S/C22H15Br2ClN2O4/c23-16-3-1-2-15(10-16)22(29)31-18-7-4-14(5-8-18)12-26-27-21(28)13-30-20-9-6-17(25)11-19(20)24/h1-12H,13H2,(H,27,28)/b26-12+. The minimum Gasteiger partial charge on any atom is -0.483 e. The third kappa shape index (κ3) is 7.20. The minimum atomic E-state index is -0.456. The fourth-order valence-electron chi connectivity index (χ4n) is 2.35. The van der Waals surface area contributed by atoms with E-state index >= 15 is 0 Å². The molecule has 0 aliphatic heterocycles. The minimum absolute atomic E-state index is 0.206. The molecule has 0 fully saturated rings. The van der Waals surface area contributed by atoms with Gasteiger partial charge in [-0.3, -0.25) is 4.79 Å². The first kappa shape index (κ1) is 23.0. The number of ether oxygens (including phenoxy) is 2. The van der Waals surface area contributed by atoms with Crippen LogP contribution in [0.5, 0.6) is 11.5 Å². The van der Waals surface area contributed by atoms with Gasteiger partial charge in [-0.25, -0.2) is 10.2 Å². The first-order valence-electron chi connectivity index (χ1n) is 8.88. The Morgan fingerprint density at radius 1 is 1.03 bits per heavy atom. The first-order chi connectivity index (χ1) is 14.9. The zero-order valence-corrected chi connectivity index (χ0v) is 19.8. The van der Waals surface area contributed by atoms with E-state index in [-0.39, 0.29) is 6.61 Å². The van der Waals surface area contributed by atoms with E-state index in [1.807, 2.05) is 6.07 Å². The third-order valence-electron chi connectivity index (χ3n) is 3.81. The van der Waals surface area contributed by atoms with Gasteiger partial charge in [-0.2, -0.15) is 5.10 Å². The van der Waals surface area contributed by atoms with Gasteiger partial charge in [0.15, 0.2) is 6.61 Å². The molecule has 31 heavy (non-hydrogen) atoms. The summed E-state index contributed by atoms with van der Waals surface area (Å²) in [5.41, 5.74) is 3.53. The Balaban J connectivity index is 1.47. The van der Waals surface area contributed by atoms with Crippen LogP contribution in [0.15, 0.2) is 80.8 Å². The Bertz CT molecular complexity index is 1120. The Morgan fingerprint density at radius 2 is 1.81 bits per heavy atom. The van der Waals surface area contributed by atoms with E-state index in [0.717, 1.165) is 4.47 Å². The Kier molecular flexibility index (Phi) is 8.22. The molecule has 0 aliphatic rings. The average Bonchev–Trinajstić information content (AvgIpc) is 2.74. The van der Waals surface area contributed by atoms with Gasteiger partial charge in [0.25, 0.3) is 5.91 Å². The molecule has 0 atom stereocenters.